The third-order valence-corrected chi connectivity index (χ3v) is 2.59. The highest BCUT2D eigenvalue weighted by molar-refractivity contribution is 6.34. The number of carbonyl (C=O) groups excluding carboxylic acids is 2. The van der Waals surface area contributed by atoms with E-state index in [2.05, 4.69) is 4.74 Å². The molecule has 1 aliphatic heterocycles. The number of rotatable bonds is 1. The largest absolute Gasteiger partial charge is 0.393 e. The molecule has 0 radical (unpaired) electrons. The highest BCUT2D eigenvalue weighted by Crippen LogP contribution is 2.31. The molecule has 1 aliphatic rings. The summed E-state index contributed by atoms with van der Waals surface area (Å²) in [7, 11) is 0. The number of cyclic esters (lactones) is 2. The van der Waals surface area contributed by atoms with Crippen molar-refractivity contribution in [3.63, 3.8) is 0 Å². The van der Waals surface area contributed by atoms with Crippen LogP contribution in [-0.4, -0.2) is 11.9 Å². The van der Waals surface area contributed by atoms with Crippen LogP contribution in [0, 0.1) is 0 Å². The van der Waals surface area contributed by atoms with Gasteiger partial charge in [0.1, 0.15) is 0 Å². The molecule has 5 heteroatoms. The molecule has 0 saturated carbocycles. The summed E-state index contributed by atoms with van der Waals surface area (Å²) in [4.78, 5) is 22.2. The van der Waals surface area contributed by atoms with Crippen molar-refractivity contribution in [2.45, 2.75) is 12.3 Å². The molecule has 1 atom stereocenters. The fourth-order valence-electron chi connectivity index (χ4n) is 1.51. The quantitative estimate of drug-likeness (QED) is 0.564. The number of halogens is 2. The molecule has 1 aromatic carbocycles. The lowest BCUT2D eigenvalue weighted by molar-refractivity contribution is -0.152. The van der Waals surface area contributed by atoms with Gasteiger partial charge in [-0.25, -0.2) is 0 Å². The van der Waals surface area contributed by atoms with E-state index in [4.69, 9.17) is 23.2 Å². The molecule has 2 rings (SSSR count). The monoisotopic (exact) mass is 244 g/mol. The lowest BCUT2D eigenvalue weighted by Crippen LogP contribution is -2.05. The average Bonchev–Trinajstić information content (AvgIpc) is 2.43. The van der Waals surface area contributed by atoms with Crippen molar-refractivity contribution in [1.82, 2.24) is 0 Å². The van der Waals surface area contributed by atoms with E-state index in [1.165, 1.54) is 0 Å². The summed E-state index contributed by atoms with van der Waals surface area (Å²) in [6.07, 6.45) is 0.0511. The summed E-state index contributed by atoms with van der Waals surface area (Å²) in [5.41, 5.74) is 0.614. The van der Waals surface area contributed by atoms with Crippen molar-refractivity contribution < 1.29 is 14.3 Å². The molecule has 0 aromatic heterocycles. The maximum Gasteiger partial charge on any atom is 0.321 e. The zero-order chi connectivity index (χ0) is 11.0. The number of hydrogen-bond donors (Lipinski definition) is 0. The molecular weight excluding hydrogens is 239 g/mol. The van der Waals surface area contributed by atoms with Gasteiger partial charge in [-0.3, -0.25) is 9.59 Å². The number of hydrogen-bond acceptors (Lipinski definition) is 3. The molecule has 15 heavy (non-hydrogen) atoms. The van der Waals surface area contributed by atoms with Gasteiger partial charge in [0.2, 0.25) is 0 Å². The molecule has 1 heterocycles. The normalized spacial score (nSPS) is 20.5. The molecule has 0 aliphatic carbocycles. The second-order valence-electron chi connectivity index (χ2n) is 3.25. The summed E-state index contributed by atoms with van der Waals surface area (Å²) in [5, 5.41) is 0.870. The van der Waals surface area contributed by atoms with Crippen LogP contribution in [0.2, 0.25) is 10.0 Å². The molecular formula is C10H6Cl2O3. The fraction of sp³-hybridized carbons (Fsp3) is 0.200. The van der Waals surface area contributed by atoms with Crippen LogP contribution in [0.1, 0.15) is 17.9 Å². The Morgan fingerprint density at radius 3 is 2.20 bits per heavy atom. The number of ether oxygens (including phenoxy) is 1. The molecule has 1 fully saturated rings. The summed E-state index contributed by atoms with van der Waals surface area (Å²) in [6.45, 7) is 0. The molecule has 0 bridgehead atoms. The Morgan fingerprint density at radius 1 is 1.13 bits per heavy atom. The van der Waals surface area contributed by atoms with Gasteiger partial charge in [0.25, 0.3) is 0 Å². The second kappa shape index (κ2) is 3.83. The SMILES string of the molecule is O=C1CC(c2cc(Cl)cc(Cl)c2)C(=O)O1. The molecule has 0 N–H and O–H groups in total. The third kappa shape index (κ3) is 2.13. The van der Waals surface area contributed by atoms with Crippen molar-refractivity contribution in [3.8, 4) is 0 Å². The lowest BCUT2D eigenvalue weighted by atomic mass is 9.98. The highest BCUT2D eigenvalue weighted by atomic mass is 35.5. The van der Waals surface area contributed by atoms with E-state index >= 15 is 0 Å². The summed E-state index contributed by atoms with van der Waals surface area (Å²) >= 11 is 11.6. The van der Waals surface area contributed by atoms with Crippen molar-refractivity contribution in [2.24, 2.45) is 0 Å². The minimum absolute atomic E-state index is 0.0511. The zero-order valence-corrected chi connectivity index (χ0v) is 9.01. The van der Waals surface area contributed by atoms with Crippen molar-refractivity contribution in [3.05, 3.63) is 33.8 Å². The zero-order valence-electron chi connectivity index (χ0n) is 7.50. The number of benzene rings is 1. The maximum absolute atomic E-state index is 11.3. The van der Waals surface area contributed by atoms with Gasteiger partial charge in [-0.15, -0.1) is 0 Å². The Morgan fingerprint density at radius 2 is 1.73 bits per heavy atom. The van der Waals surface area contributed by atoms with E-state index in [0.29, 0.717) is 15.6 Å². The second-order valence-corrected chi connectivity index (χ2v) is 4.13. The van der Waals surface area contributed by atoms with Gasteiger partial charge < -0.3 is 4.74 Å². The smallest absolute Gasteiger partial charge is 0.321 e. The molecule has 1 saturated heterocycles. The van der Waals surface area contributed by atoms with Gasteiger partial charge in [0.15, 0.2) is 0 Å². The fourth-order valence-corrected chi connectivity index (χ4v) is 2.05. The molecule has 1 aromatic rings. The Hall–Kier alpha value is -1.06. The van der Waals surface area contributed by atoms with Crippen LogP contribution < -0.4 is 0 Å². The van der Waals surface area contributed by atoms with Gasteiger partial charge in [-0.1, -0.05) is 23.2 Å². The first kappa shape index (κ1) is 10.5. The Bertz CT molecular complexity index is 422. The average molecular weight is 245 g/mol. The van der Waals surface area contributed by atoms with Crippen LogP contribution in [0.15, 0.2) is 18.2 Å². The van der Waals surface area contributed by atoms with E-state index in [-0.39, 0.29) is 6.42 Å². The summed E-state index contributed by atoms with van der Waals surface area (Å²) < 4.78 is 4.44. The first-order valence-corrected chi connectivity index (χ1v) is 5.02. The van der Waals surface area contributed by atoms with Gasteiger partial charge in [-0.05, 0) is 23.8 Å². The minimum atomic E-state index is -0.575. The van der Waals surface area contributed by atoms with Crippen LogP contribution >= 0.6 is 23.2 Å². The first-order chi connectivity index (χ1) is 7.06. The van der Waals surface area contributed by atoms with Crippen LogP contribution in [0.3, 0.4) is 0 Å². The van der Waals surface area contributed by atoms with E-state index in [9.17, 15) is 9.59 Å². The van der Waals surface area contributed by atoms with Crippen LogP contribution in [0.5, 0.6) is 0 Å². The van der Waals surface area contributed by atoms with Gasteiger partial charge in [0.05, 0.1) is 12.3 Å². The third-order valence-electron chi connectivity index (χ3n) is 2.16. The molecule has 78 valence electrons. The van der Waals surface area contributed by atoms with Crippen molar-refractivity contribution >= 4 is 35.1 Å². The van der Waals surface area contributed by atoms with Gasteiger partial charge in [-0.2, -0.15) is 0 Å². The van der Waals surface area contributed by atoms with E-state index in [0.717, 1.165) is 0 Å². The predicted octanol–water partition coefficient (Wildman–Crippen LogP) is 2.55. The van der Waals surface area contributed by atoms with Crippen molar-refractivity contribution in [1.29, 1.82) is 0 Å². The lowest BCUT2D eigenvalue weighted by Gasteiger charge is -2.05. The molecule has 3 nitrogen and oxygen atoms in total. The molecule has 0 amide bonds. The Labute approximate surface area is 95.9 Å². The summed E-state index contributed by atoms with van der Waals surface area (Å²) in [6, 6.07) is 4.78. The predicted molar refractivity (Wildman–Crippen MR) is 54.9 cm³/mol. The summed E-state index contributed by atoms with van der Waals surface area (Å²) in [5.74, 6) is -1.63. The number of esters is 2. The first-order valence-electron chi connectivity index (χ1n) is 4.27. The van der Waals surface area contributed by atoms with Crippen LogP contribution in [0.25, 0.3) is 0 Å². The molecule has 1 unspecified atom stereocenters. The van der Waals surface area contributed by atoms with Crippen molar-refractivity contribution in [2.75, 3.05) is 0 Å². The highest BCUT2D eigenvalue weighted by Gasteiger charge is 2.34. The Kier molecular flexibility index (Phi) is 2.67. The van der Waals surface area contributed by atoms with Gasteiger partial charge in [0, 0.05) is 10.0 Å². The van der Waals surface area contributed by atoms with E-state index in [1.807, 2.05) is 0 Å². The topological polar surface area (TPSA) is 43.4 Å². The van der Waals surface area contributed by atoms with Crippen LogP contribution in [0.4, 0.5) is 0 Å². The van der Waals surface area contributed by atoms with Crippen LogP contribution in [-0.2, 0) is 14.3 Å². The minimum Gasteiger partial charge on any atom is -0.393 e. The Balaban J connectivity index is 2.37. The standard InChI is InChI=1S/C10H6Cl2O3/c11-6-1-5(2-7(12)3-6)8-4-9(13)15-10(8)14/h1-3,8H,4H2. The van der Waals surface area contributed by atoms with E-state index < -0.39 is 17.9 Å². The maximum atomic E-state index is 11.3. The van der Waals surface area contributed by atoms with E-state index in [1.54, 1.807) is 18.2 Å². The van der Waals surface area contributed by atoms with Gasteiger partial charge >= 0.3 is 11.9 Å². The molecule has 0 spiro atoms. The number of carbonyl (C=O) groups is 2.